The van der Waals surface area contributed by atoms with Crippen LogP contribution >= 0.6 is 11.6 Å². The Morgan fingerprint density at radius 1 is 1.27 bits per heavy atom. The van der Waals surface area contributed by atoms with Crippen LogP contribution in [0.3, 0.4) is 0 Å². The number of pyridine rings is 1. The fourth-order valence-corrected chi connectivity index (χ4v) is 2.99. The van der Waals surface area contributed by atoms with Gasteiger partial charge in [0.25, 0.3) is 5.91 Å². The molecule has 0 spiro atoms. The van der Waals surface area contributed by atoms with E-state index in [4.69, 9.17) is 11.6 Å². The first-order valence-electron chi connectivity index (χ1n) is 7.73. The van der Waals surface area contributed by atoms with Crippen molar-refractivity contribution in [2.24, 2.45) is 0 Å². The van der Waals surface area contributed by atoms with Crippen molar-refractivity contribution in [1.82, 2.24) is 14.3 Å². The summed E-state index contributed by atoms with van der Waals surface area (Å²) in [6, 6.07) is 10.1. The topological polar surface area (TPSA) is 37.6 Å². The van der Waals surface area contributed by atoms with Gasteiger partial charge in [0.15, 0.2) is 5.65 Å². The van der Waals surface area contributed by atoms with E-state index in [1.807, 2.05) is 30.3 Å². The summed E-state index contributed by atoms with van der Waals surface area (Å²) in [4.78, 5) is 18.5. The van der Waals surface area contributed by atoms with E-state index in [0.717, 1.165) is 22.2 Å². The summed E-state index contributed by atoms with van der Waals surface area (Å²) in [6.45, 7) is 1.89. The summed E-state index contributed by atoms with van der Waals surface area (Å²) >= 11 is 5.96. The van der Waals surface area contributed by atoms with Crippen molar-refractivity contribution in [1.29, 1.82) is 0 Å². The molecule has 1 aromatic carbocycles. The Balaban J connectivity index is 2.04. The number of aryl methyl sites for hydroxylation is 1. The lowest BCUT2D eigenvalue weighted by atomic mass is 10.2. The highest BCUT2D eigenvalue weighted by Crippen LogP contribution is 2.33. The predicted octanol–water partition coefficient (Wildman–Crippen LogP) is 4.59. The van der Waals surface area contributed by atoms with Gasteiger partial charge in [-0.05, 0) is 18.6 Å². The van der Waals surface area contributed by atoms with E-state index in [1.165, 1.54) is 4.90 Å². The molecule has 2 heterocycles. The zero-order valence-corrected chi connectivity index (χ0v) is 14.8. The monoisotopic (exact) mass is 381 g/mol. The number of alkyl halides is 3. The molecule has 0 bridgehead atoms. The van der Waals surface area contributed by atoms with Crippen LogP contribution in [-0.2, 0) is 12.7 Å². The van der Waals surface area contributed by atoms with Crippen LogP contribution in [0, 0.1) is 6.92 Å². The van der Waals surface area contributed by atoms with Crippen LogP contribution < -0.4 is 0 Å². The molecule has 8 heteroatoms. The second kappa shape index (κ2) is 6.64. The van der Waals surface area contributed by atoms with Crippen molar-refractivity contribution in [3.63, 3.8) is 0 Å². The molecule has 0 saturated carbocycles. The van der Waals surface area contributed by atoms with Gasteiger partial charge in [0, 0.05) is 19.8 Å². The number of fused-ring (bicyclic) bond motifs is 1. The second-order valence-corrected chi connectivity index (χ2v) is 6.37. The van der Waals surface area contributed by atoms with Crippen molar-refractivity contribution in [2.75, 3.05) is 7.05 Å². The number of carbonyl (C=O) groups is 1. The first-order valence-corrected chi connectivity index (χ1v) is 8.11. The average Bonchev–Trinajstić information content (AvgIpc) is 2.91. The number of rotatable bonds is 3. The molecule has 0 aliphatic heterocycles. The van der Waals surface area contributed by atoms with Gasteiger partial charge in [0.2, 0.25) is 0 Å². The van der Waals surface area contributed by atoms with Crippen molar-refractivity contribution in [3.05, 3.63) is 70.1 Å². The largest absolute Gasteiger partial charge is 0.417 e. The Kier molecular flexibility index (Phi) is 4.66. The van der Waals surface area contributed by atoms with Gasteiger partial charge in [-0.25, -0.2) is 4.98 Å². The quantitative estimate of drug-likeness (QED) is 0.665. The second-order valence-electron chi connectivity index (χ2n) is 5.96. The fourth-order valence-electron chi connectivity index (χ4n) is 2.74. The maximum atomic E-state index is 13.1. The molecule has 0 atom stereocenters. The average molecular weight is 382 g/mol. The highest BCUT2D eigenvalue weighted by Gasteiger charge is 2.33. The molecule has 0 saturated heterocycles. The number of hydrogen-bond acceptors (Lipinski definition) is 2. The van der Waals surface area contributed by atoms with Gasteiger partial charge in [-0.15, -0.1) is 0 Å². The molecule has 3 aromatic rings. The number of aromatic nitrogens is 2. The molecule has 26 heavy (non-hydrogen) atoms. The zero-order valence-electron chi connectivity index (χ0n) is 14.0. The SMILES string of the molecule is Cc1nc2c(Cl)cc(C(F)(F)F)cn2c1C(=O)N(C)Cc1ccccc1. The van der Waals surface area contributed by atoms with Gasteiger partial charge < -0.3 is 4.90 Å². The highest BCUT2D eigenvalue weighted by atomic mass is 35.5. The van der Waals surface area contributed by atoms with Crippen molar-refractivity contribution in [2.45, 2.75) is 19.6 Å². The van der Waals surface area contributed by atoms with Crippen LogP contribution in [0.2, 0.25) is 5.02 Å². The highest BCUT2D eigenvalue weighted by molar-refractivity contribution is 6.33. The Bertz CT molecular complexity index is 967. The van der Waals surface area contributed by atoms with E-state index in [1.54, 1.807) is 14.0 Å². The van der Waals surface area contributed by atoms with E-state index in [0.29, 0.717) is 12.2 Å². The number of halogens is 4. The van der Waals surface area contributed by atoms with Crippen LogP contribution in [-0.4, -0.2) is 27.2 Å². The molecule has 0 unspecified atom stereocenters. The molecule has 1 amide bonds. The summed E-state index contributed by atoms with van der Waals surface area (Å²) in [7, 11) is 1.59. The maximum Gasteiger partial charge on any atom is 0.417 e. The molecule has 4 nitrogen and oxygen atoms in total. The number of hydrogen-bond donors (Lipinski definition) is 0. The van der Waals surface area contributed by atoms with Crippen LogP contribution in [0.1, 0.15) is 27.3 Å². The van der Waals surface area contributed by atoms with Crippen LogP contribution in [0.15, 0.2) is 42.6 Å². The normalized spacial score (nSPS) is 11.8. The van der Waals surface area contributed by atoms with E-state index in [-0.39, 0.29) is 16.4 Å². The van der Waals surface area contributed by atoms with E-state index in [2.05, 4.69) is 4.98 Å². The molecule has 0 radical (unpaired) electrons. The standard InChI is InChI=1S/C18H15ClF3N3O/c1-11-15(17(26)24(2)9-12-6-4-3-5-7-12)25-10-13(18(20,21)22)8-14(19)16(25)23-11/h3-8,10H,9H2,1-2H3. The van der Waals surface area contributed by atoms with E-state index in [9.17, 15) is 18.0 Å². The van der Waals surface area contributed by atoms with E-state index < -0.39 is 17.6 Å². The Hall–Kier alpha value is -2.54. The van der Waals surface area contributed by atoms with Gasteiger partial charge in [0.1, 0.15) is 5.69 Å². The first-order chi connectivity index (χ1) is 12.2. The number of carbonyl (C=O) groups excluding carboxylic acids is 1. The lowest BCUT2D eigenvalue weighted by molar-refractivity contribution is -0.137. The molecule has 0 N–H and O–H groups in total. The van der Waals surface area contributed by atoms with Crippen molar-refractivity contribution >= 4 is 23.2 Å². The van der Waals surface area contributed by atoms with Crippen LogP contribution in [0.4, 0.5) is 13.2 Å². The number of amides is 1. The summed E-state index contributed by atoms with van der Waals surface area (Å²) < 4.78 is 40.4. The number of imidazole rings is 1. The van der Waals surface area contributed by atoms with Gasteiger partial charge in [0.05, 0.1) is 16.3 Å². The molecule has 136 valence electrons. The fraction of sp³-hybridized carbons (Fsp3) is 0.222. The number of benzene rings is 1. The van der Waals surface area contributed by atoms with Crippen LogP contribution in [0.5, 0.6) is 0 Å². The summed E-state index contributed by atoms with van der Waals surface area (Å²) in [5, 5.41) is -0.160. The predicted molar refractivity (Wildman–Crippen MR) is 92.2 cm³/mol. The zero-order chi connectivity index (χ0) is 19.1. The molecular weight excluding hydrogens is 367 g/mol. The lowest BCUT2D eigenvalue weighted by Crippen LogP contribution is -2.28. The smallest absolute Gasteiger partial charge is 0.336 e. The molecule has 0 aliphatic rings. The minimum absolute atomic E-state index is 0.0615. The Morgan fingerprint density at radius 2 is 1.92 bits per heavy atom. The van der Waals surface area contributed by atoms with Crippen molar-refractivity contribution in [3.8, 4) is 0 Å². The minimum atomic E-state index is -4.58. The summed E-state index contributed by atoms with van der Waals surface area (Å²) in [5.74, 6) is -0.436. The summed E-state index contributed by atoms with van der Waals surface area (Å²) in [5.41, 5.74) is 0.465. The van der Waals surface area contributed by atoms with Gasteiger partial charge in [-0.1, -0.05) is 41.9 Å². The molecule has 2 aromatic heterocycles. The minimum Gasteiger partial charge on any atom is -0.336 e. The Labute approximate surface area is 152 Å². The van der Waals surface area contributed by atoms with Crippen molar-refractivity contribution < 1.29 is 18.0 Å². The molecule has 3 rings (SSSR count). The van der Waals surface area contributed by atoms with Gasteiger partial charge >= 0.3 is 6.18 Å². The van der Waals surface area contributed by atoms with Crippen LogP contribution in [0.25, 0.3) is 5.65 Å². The first kappa shape index (κ1) is 18.3. The number of nitrogens with zero attached hydrogens (tertiary/aromatic N) is 3. The van der Waals surface area contributed by atoms with E-state index >= 15 is 0 Å². The third-order valence-corrected chi connectivity index (χ3v) is 4.27. The molecule has 0 fully saturated rings. The third-order valence-electron chi connectivity index (χ3n) is 3.99. The van der Waals surface area contributed by atoms with Gasteiger partial charge in [-0.3, -0.25) is 9.20 Å². The maximum absolute atomic E-state index is 13.1. The summed E-state index contributed by atoms with van der Waals surface area (Å²) in [6.07, 6.45) is -3.73. The molecular formula is C18H15ClF3N3O. The lowest BCUT2D eigenvalue weighted by Gasteiger charge is -2.18. The molecule has 0 aliphatic carbocycles. The Morgan fingerprint density at radius 3 is 2.54 bits per heavy atom. The third kappa shape index (κ3) is 3.39. The van der Waals surface area contributed by atoms with Gasteiger partial charge in [-0.2, -0.15) is 13.2 Å².